The van der Waals surface area contributed by atoms with Gasteiger partial charge in [-0.2, -0.15) is 4.98 Å². The van der Waals surface area contributed by atoms with Crippen LogP contribution < -0.4 is 20.5 Å². The molecular weight excluding hydrogens is 382 g/mol. The summed E-state index contributed by atoms with van der Waals surface area (Å²) in [6.45, 7) is 0. The summed E-state index contributed by atoms with van der Waals surface area (Å²) >= 11 is 0. The molecule has 0 aliphatic carbocycles. The highest BCUT2D eigenvalue weighted by Crippen LogP contribution is 2.27. The molecule has 2 aromatic heterocycles. The molecule has 150 valence electrons. The van der Waals surface area contributed by atoms with Crippen molar-refractivity contribution in [2.24, 2.45) is 0 Å². The molecule has 0 spiro atoms. The van der Waals surface area contributed by atoms with Gasteiger partial charge in [0.1, 0.15) is 5.75 Å². The fraction of sp³-hybridized carbons (Fsp3) is 0.0909. The summed E-state index contributed by atoms with van der Waals surface area (Å²) in [7, 11) is 3.51. The zero-order chi connectivity index (χ0) is 21.1. The van der Waals surface area contributed by atoms with Gasteiger partial charge in [-0.1, -0.05) is 6.07 Å². The van der Waals surface area contributed by atoms with E-state index in [0.717, 1.165) is 11.4 Å². The maximum Gasteiger partial charge on any atom is 0.302 e. The van der Waals surface area contributed by atoms with Crippen molar-refractivity contribution in [2.75, 3.05) is 19.0 Å². The molecule has 0 fully saturated rings. The predicted octanol–water partition coefficient (Wildman–Crippen LogP) is 3.24. The molecule has 0 radical (unpaired) electrons. The molecule has 0 unspecified atom stereocenters. The van der Waals surface area contributed by atoms with Crippen molar-refractivity contribution in [3.8, 4) is 11.8 Å². The molecule has 1 amide bonds. The van der Waals surface area contributed by atoms with Crippen LogP contribution in [0.25, 0.3) is 10.9 Å². The molecule has 0 aliphatic rings. The fourth-order valence-electron chi connectivity index (χ4n) is 3.02. The van der Waals surface area contributed by atoms with Crippen molar-refractivity contribution in [1.82, 2.24) is 20.3 Å². The van der Waals surface area contributed by atoms with Gasteiger partial charge in [0, 0.05) is 37.2 Å². The Hall–Kier alpha value is -4.20. The number of rotatable bonds is 5. The molecule has 30 heavy (non-hydrogen) atoms. The lowest BCUT2D eigenvalue weighted by Gasteiger charge is -2.20. The number of hydrogen-bond donors (Lipinski definition) is 2. The molecule has 0 aliphatic heterocycles. The van der Waals surface area contributed by atoms with E-state index in [4.69, 9.17) is 4.74 Å². The molecule has 0 bridgehead atoms. The van der Waals surface area contributed by atoms with Crippen LogP contribution in [0.2, 0.25) is 0 Å². The SMILES string of the molecule is CNC(=O)c1cccc(N(C)c2ccc(Oc3nc4cnccc4c(=O)[nH]3)cc2)c1. The Kier molecular flexibility index (Phi) is 5.13. The van der Waals surface area contributed by atoms with Crippen LogP contribution in [-0.2, 0) is 0 Å². The van der Waals surface area contributed by atoms with Crippen LogP contribution in [0, 0.1) is 0 Å². The Balaban J connectivity index is 1.54. The monoisotopic (exact) mass is 401 g/mol. The van der Waals surface area contributed by atoms with Crippen LogP contribution in [0.1, 0.15) is 10.4 Å². The van der Waals surface area contributed by atoms with Crippen molar-refractivity contribution < 1.29 is 9.53 Å². The maximum atomic E-state index is 12.1. The Morgan fingerprint density at radius 1 is 1.10 bits per heavy atom. The average molecular weight is 401 g/mol. The lowest BCUT2D eigenvalue weighted by atomic mass is 10.1. The van der Waals surface area contributed by atoms with Crippen LogP contribution in [0.3, 0.4) is 0 Å². The second-order valence-corrected chi connectivity index (χ2v) is 6.55. The summed E-state index contributed by atoms with van der Waals surface area (Å²) in [6.07, 6.45) is 3.06. The number of nitrogens with one attached hydrogen (secondary N) is 2. The number of pyridine rings is 1. The van der Waals surface area contributed by atoms with E-state index >= 15 is 0 Å². The molecule has 2 heterocycles. The van der Waals surface area contributed by atoms with E-state index in [9.17, 15) is 9.59 Å². The Bertz CT molecular complexity index is 1270. The highest BCUT2D eigenvalue weighted by atomic mass is 16.5. The van der Waals surface area contributed by atoms with Gasteiger partial charge in [-0.25, -0.2) is 0 Å². The largest absolute Gasteiger partial charge is 0.426 e. The third-order valence-corrected chi connectivity index (χ3v) is 4.65. The first-order valence-electron chi connectivity index (χ1n) is 9.23. The third-order valence-electron chi connectivity index (χ3n) is 4.65. The van der Waals surface area contributed by atoms with E-state index < -0.39 is 0 Å². The molecule has 0 saturated heterocycles. The normalized spacial score (nSPS) is 10.6. The van der Waals surface area contributed by atoms with Crippen LogP contribution >= 0.6 is 0 Å². The third kappa shape index (κ3) is 3.83. The topological polar surface area (TPSA) is 100 Å². The molecule has 4 aromatic rings. The quantitative estimate of drug-likeness (QED) is 0.533. The maximum absolute atomic E-state index is 12.1. The number of fused-ring (bicyclic) bond motifs is 1. The van der Waals surface area contributed by atoms with Gasteiger partial charge in [-0.3, -0.25) is 19.6 Å². The zero-order valence-electron chi connectivity index (χ0n) is 16.4. The Labute approximate surface area is 172 Å². The number of hydrogen-bond acceptors (Lipinski definition) is 6. The lowest BCUT2D eigenvalue weighted by molar-refractivity contribution is 0.0963. The van der Waals surface area contributed by atoms with Gasteiger partial charge >= 0.3 is 6.01 Å². The fourth-order valence-corrected chi connectivity index (χ4v) is 3.02. The number of benzene rings is 2. The van der Waals surface area contributed by atoms with Crippen LogP contribution in [0.4, 0.5) is 11.4 Å². The lowest BCUT2D eigenvalue weighted by Crippen LogP contribution is -2.18. The molecule has 0 atom stereocenters. The number of aromatic amines is 1. The standard InChI is InChI=1S/C22H19N5O3/c1-23-20(28)14-4-3-5-16(12-14)27(2)15-6-8-17(9-7-15)30-22-25-19-13-24-11-10-18(19)21(29)26-22/h3-13H,1-2H3,(H,23,28)(H,25,26,29). The van der Waals surface area contributed by atoms with Gasteiger partial charge in [-0.15, -0.1) is 0 Å². The van der Waals surface area contributed by atoms with E-state index in [1.165, 1.54) is 6.20 Å². The molecule has 8 nitrogen and oxygen atoms in total. The molecule has 2 N–H and O–H groups in total. The number of anilines is 2. The summed E-state index contributed by atoms with van der Waals surface area (Å²) in [5.74, 6) is 0.388. The number of H-pyrrole nitrogens is 1. The van der Waals surface area contributed by atoms with Crippen molar-refractivity contribution in [2.45, 2.75) is 0 Å². The van der Waals surface area contributed by atoms with Gasteiger partial charge in [0.2, 0.25) is 0 Å². The first-order valence-corrected chi connectivity index (χ1v) is 9.23. The van der Waals surface area contributed by atoms with E-state index in [0.29, 0.717) is 22.2 Å². The first kappa shape index (κ1) is 19.1. The number of carbonyl (C=O) groups excluding carboxylic acids is 1. The van der Waals surface area contributed by atoms with E-state index in [1.807, 2.05) is 42.3 Å². The summed E-state index contributed by atoms with van der Waals surface area (Å²) in [5.41, 5.74) is 2.54. The summed E-state index contributed by atoms with van der Waals surface area (Å²) in [4.78, 5) is 36.9. The van der Waals surface area contributed by atoms with E-state index in [2.05, 4.69) is 20.3 Å². The Morgan fingerprint density at radius 3 is 2.67 bits per heavy atom. The molecule has 2 aromatic carbocycles. The average Bonchev–Trinajstić information content (AvgIpc) is 2.78. The predicted molar refractivity (Wildman–Crippen MR) is 115 cm³/mol. The van der Waals surface area contributed by atoms with Crippen LogP contribution in [0.15, 0.2) is 71.8 Å². The molecule has 4 rings (SSSR count). The number of amides is 1. The summed E-state index contributed by atoms with van der Waals surface area (Å²) < 4.78 is 5.71. The highest BCUT2D eigenvalue weighted by molar-refractivity contribution is 5.95. The first-order chi connectivity index (χ1) is 14.5. The zero-order valence-corrected chi connectivity index (χ0v) is 16.4. The van der Waals surface area contributed by atoms with Crippen molar-refractivity contribution in [3.63, 3.8) is 0 Å². The van der Waals surface area contributed by atoms with Crippen LogP contribution in [0.5, 0.6) is 11.8 Å². The van der Waals surface area contributed by atoms with Crippen LogP contribution in [-0.4, -0.2) is 35.0 Å². The van der Waals surface area contributed by atoms with E-state index in [1.54, 1.807) is 37.5 Å². The number of aromatic nitrogens is 3. The van der Waals surface area contributed by atoms with Gasteiger partial charge in [0.05, 0.1) is 17.1 Å². The van der Waals surface area contributed by atoms with Gasteiger partial charge in [0.15, 0.2) is 0 Å². The van der Waals surface area contributed by atoms with Gasteiger partial charge in [0.25, 0.3) is 11.5 Å². The van der Waals surface area contributed by atoms with Crippen molar-refractivity contribution >= 4 is 28.2 Å². The second-order valence-electron chi connectivity index (χ2n) is 6.55. The highest BCUT2D eigenvalue weighted by Gasteiger charge is 2.10. The van der Waals surface area contributed by atoms with Gasteiger partial charge < -0.3 is 15.0 Å². The number of nitrogens with zero attached hydrogens (tertiary/aromatic N) is 3. The number of ether oxygens (including phenoxy) is 1. The minimum absolute atomic E-state index is 0.0971. The smallest absolute Gasteiger partial charge is 0.302 e. The summed E-state index contributed by atoms with van der Waals surface area (Å²) in [6, 6.07) is 16.4. The molecule has 0 saturated carbocycles. The molecule has 8 heteroatoms. The van der Waals surface area contributed by atoms with Gasteiger partial charge in [-0.05, 0) is 48.5 Å². The van der Waals surface area contributed by atoms with E-state index in [-0.39, 0.29) is 17.5 Å². The Morgan fingerprint density at radius 2 is 1.90 bits per heavy atom. The summed E-state index contributed by atoms with van der Waals surface area (Å²) in [5, 5.41) is 3.08. The molecular formula is C22H19N5O3. The van der Waals surface area contributed by atoms with Crippen molar-refractivity contribution in [1.29, 1.82) is 0 Å². The number of carbonyl (C=O) groups is 1. The minimum atomic E-state index is -0.287. The minimum Gasteiger partial charge on any atom is -0.426 e. The second kappa shape index (κ2) is 8.04. The van der Waals surface area contributed by atoms with Crippen molar-refractivity contribution in [3.05, 3.63) is 82.9 Å².